The predicted molar refractivity (Wildman–Crippen MR) is 67.5 cm³/mol. The third kappa shape index (κ3) is 2.99. The van der Waals surface area contributed by atoms with Gasteiger partial charge in [-0.15, -0.1) is 0 Å². The van der Waals surface area contributed by atoms with E-state index in [4.69, 9.17) is 9.47 Å². The number of benzene rings is 1. The van der Waals surface area contributed by atoms with Gasteiger partial charge in [0.2, 0.25) is 0 Å². The second-order valence-corrected chi connectivity index (χ2v) is 3.78. The van der Waals surface area contributed by atoms with E-state index in [-0.39, 0.29) is 6.61 Å². The van der Waals surface area contributed by atoms with E-state index >= 15 is 0 Å². The molecule has 0 spiro atoms. The molecule has 0 atom stereocenters. The minimum atomic E-state index is -0.0838. The summed E-state index contributed by atoms with van der Waals surface area (Å²) in [6.45, 7) is 0.340. The molecule has 2 aromatic rings. The zero-order valence-corrected chi connectivity index (χ0v) is 10.2. The number of hydrogen-bond acceptors (Lipinski definition) is 4. The lowest BCUT2D eigenvalue weighted by atomic mass is 10.2. The number of hydrogen-bond donors (Lipinski definition) is 1. The van der Waals surface area contributed by atoms with Crippen LogP contribution in [0.25, 0.3) is 0 Å². The number of methoxy groups -OCH3 is 1. The van der Waals surface area contributed by atoms with Crippen molar-refractivity contribution in [2.45, 2.75) is 13.2 Å². The number of nitrogens with zero attached hydrogens (tertiary/aromatic N) is 1. The minimum Gasteiger partial charge on any atom is -0.497 e. The molecule has 1 heterocycles. The maximum atomic E-state index is 9.29. The van der Waals surface area contributed by atoms with Gasteiger partial charge in [0, 0.05) is 23.5 Å². The van der Waals surface area contributed by atoms with Gasteiger partial charge < -0.3 is 14.6 Å². The largest absolute Gasteiger partial charge is 0.497 e. The monoisotopic (exact) mass is 245 g/mol. The van der Waals surface area contributed by atoms with Crippen molar-refractivity contribution >= 4 is 0 Å². The number of aliphatic hydroxyl groups is 1. The Hall–Kier alpha value is -2.07. The highest BCUT2D eigenvalue weighted by molar-refractivity contribution is 5.40. The van der Waals surface area contributed by atoms with Crippen molar-refractivity contribution in [2.24, 2.45) is 0 Å². The summed E-state index contributed by atoms with van der Waals surface area (Å²) >= 11 is 0. The summed E-state index contributed by atoms with van der Waals surface area (Å²) in [4.78, 5) is 4.02. The highest BCUT2D eigenvalue weighted by Gasteiger charge is 2.05. The van der Waals surface area contributed by atoms with Crippen LogP contribution >= 0.6 is 0 Å². The first-order valence-corrected chi connectivity index (χ1v) is 5.63. The summed E-state index contributed by atoms with van der Waals surface area (Å²) in [5, 5.41) is 9.29. The van der Waals surface area contributed by atoms with Gasteiger partial charge in [0.1, 0.15) is 18.1 Å². The molecule has 94 valence electrons. The van der Waals surface area contributed by atoms with E-state index in [9.17, 15) is 5.11 Å². The van der Waals surface area contributed by atoms with Gasteiger partial charge in [-0.2, -0.15) is 0 Å². The molecule has 1 aromatic heterocycles. The normalized spacial score (nSPS) is 10.1. The maximum absolute atomic E-state index is 9.29. The van der Waals surface area contributed by atoms with Crippen LogP contribution in [0, 0.1) is 0 Å². The van der Waals surface area contributed by atoms with Crippen molar-refractivity contribution < 1.29 is 14.6 Å². The Kier molecular flexibility index (Phi) is 4.15. The van der Waals surface area contributed by atoms with Crippen molar-refractivity contribution in [3.8, 4) is 11.5 Å². The first-order chi connectivity index (χ1) is 8.83. The number of pyridine rings is 1. The van der Waals surface area contributed by atoms with Gasteiger partial charge in [-0.3, -0.25) is 4.98 Å². The van der Waals surface area contributed by atoms with Gasteiger partial charge in [-0.05, 0) is 24.3 Å². The van der Waals surface area contributed by atoms with Gasteiger partial charge in [0.05, 0.1) is 13.7 Å². The predicted octanol–water partition coefficient (Wildman–Crippen LogP) is 2.16. The fourth-order valence-electron chi connectivity index (χ4n) is 1.59. The average Bonchev–Trinajstić information content (AvgIpc) is 2.46. The van der Waals surface area contributed by atoms with Gasteiger partial charge >= 0.3 is 0 Å². The van der Waals surface area contributed by atoms with Crippen molar-refractivity contribution in [1.29, 1.82) is 0 Å². The summed E-state index contributed by atoms with van der Waals surface area (Å²) in [5.74, 6) is 1.36. The van der Waals surface area contributed by atoms with Crippen molar-refractivity contribution in [2.75, 3.05) is 7.11 Å². The Bertz CT molecular complexity index is 500. The number of aliphatic hydroxyl groups excluding tert-OH is 1. The summed E-state index contributed by atoms with van der Waals surface area (Å²) in [6, 6.07) is 9.16. The third-order valence-electron chi connectivity index (χ3n) is 2.56. The number of aromatic nitrogens is 1. The van der Waals surface area contributed by atoms with E-state index in [1.807, 2.05) is 12.1 Å². The Balaban J connectivity index is 2.09. The van der Waals surface area contributed by atoms with E-state index in [2.05, 4.69) is 4.98 Å². The molecule has 0 bridgehead atoms. The molecule has 0 radical (unpaired) electrons. The molecule has 0 aliphatic rings. The number of rotatable bonds is 5. The maximum Gasteiger partial charge on any atom is 0.125 e. The Labute approximate surface area is 106 Å². The Morgan fingerprint density at radius 1 is 1.28 bits per heavy atom. The second kappa shape index (κ2) is 6.02. The van der Waals surface area contributed by atoms with E-state index in [1.54, 1.807) is 37.7 Å². The smallest absolute Gasteiger partial charge is 0.125 e. The summed E-state index contributed by atoms with van der Waals surface area (Å²) in [5.41, 5.74) is 1.69. The number of ether oxygens (including phenoxy) is 2. The van der Waals surface area contributed by atoms with Crippen LogP contribution in [0.15, 0.2) is 42.7 Å². The highest BCUT2D eigenvalue weighted by Crippen LogP contribution is 2.24. The van der Waals surface area contributed by atoms with Crippen LogP contribution in [-0.4, -0.2) is 17.2 Å². The second-order valence-electron chi connectivity index (χ2n) is 3.78. The van der Waals surface area contributed by atoms with Crippen LogP contribution < -0.4 is 9.47 Å². The molecule has 18 heavy (non-hydrogen) atoms. The zero-order valence-electron chi connectivity index (χ0n) is 10.2. The standard InChI is InChI=1S/C14H15NO3/c1-17-13-4-5-14(12(7-13)9-16)18-10-11-3-2-6-15-8-11/h2-8,16H,9-10H2,1H3. The van der Waals surface area contributed by atoms with E-state index in [0.717, 1.165) is 5.56 Å². The first-order valence-electron chi connectivity index (χ1n) is 5.63. The quantitative estimate of drug-likeness (QED) is 0.877. The fraction of sp³-hybridized carbons (Fsp3) is 0.214. The van der Waals surface area contributed by atoms with E-state index < -0.39 is 0 Å². The molecule has 4 nitrogen and oxygen atoms in total. The lowest BCUT2D eigenvalue weighted by molar-refractivity contribution is 0.258. The van der Waals surface area contributed by atoms with Gasteiger partial charge in [0.25, 0.3) is 0 Å². The van der Waals surface area contributed by atoms with Crippen LogP contribution in [0.2, 0.25) is 0 Å². The topological polar surface area (TPSA) is 51.6 Å². The lowest BCUT2D eigenvalue weighted by Gasteiger charge is -2.11. The molecule has 0 amide bonds. The summed E-state index contributed by atoms with van der Waals surface area (Å²) in [7, 11) is 1.59. The third-order valence-corrected chi connectivity index (χ3v) is 2.56. The molecule has 0 aliphatic heterocycles. The zero-order chi connectivity index (χ0) is 12.8. The van der Waals surface area contributed by atoms with Crippen molar-refractivity contribution in [3.05, 3.63) is 53.9 Å². The Morgan fingerprint density at radius 3 is 2.83 bits per heavy atom. The van der Waals surface area contributed by atoms with Crippen LogP contribution in [0.3, 0.4) is 0 Å². The molecular weight excluding hydrogens is 230 g/mol. The van der Waals surface area contributed by atoms with Crippen LogP contribution in [0.4, 0.5) is 0 Å². The molecule has 0 saturated carbocycles. The van der Waals surface area contributed by atoms with Gasteiger partial charge in [-0.25, -0.2) is 0 Å². The van der Waals surface area contributed by atoms with Crippen LogP contribution in [0.1, 0.15) is 11.1 Å². The molecule has 4 heteroatoms. The van der Waals surface area contributed by atoms with Gasteiger partial charge in [0.15, 0.2) is 0 Å². The van der Waals surface area contributed by atoms with E-state index in [1.165, 1.54) is 0 Å². The first kappa shape index (κ1) is 12.4. The summed E-state index contributed by atoms with van der Waals surface area (Å²) < 4.78 is 10.8. The minimum absolute atomic E-state index is 0.0838. The highest BCUT2D eigenvalue weighted by atomic mass is 16.5. The molecule has 0 saturated heterocycles. The lowest BCUT2D eigenvalue weighted by Crippen LogP contribution is -1.99. The molecule has 1 N–H and O–H groups in total. The molecule has 0 fully saturated rings. The van der Waals surface area contributed by atoms with Crippen molar-refractivity contribution in [1.82, 2.24) is 4.98 Å². The summed E-state index contributed by atoms with van der Waals surface area (Å²) in [6.07, 6.45) is 3.47. The van der Waals surface area contributed by atoms with Crippen molar-refractivity contribution in [3.63, 3.8) is 0 Å². The Morgan fingerprint density at radius 2 is 2.17 bits per heavy atom. The molecule has 0 unspecified atom stereocenters. The van der Waals surface area contributed by atoms with Gasteiger partial charge in [-0.1, -0.05) is 6.07 Å². The molecule has 1 aromatic carbocycles. The van der Waals surface area contributed by atoms with Crippen LogP contribution in [-0.2, 0) is 13.2 Å². The van der Waals surface area contributed by atoms with Crippen LogP contribution in [0.5, 0.6) is 11.5 Å². The molecule has 0 aliphatic carbocycles. The molecule has 2 rings (SSSR count). The SMILES string of the molecule is COc1ccc(OCc2cccnc2)c(CO)c1. The van der Waals surface area contributed by atoms with E-state index in [0.29, 0.717) is 23.7 Å². The fourth-order valence-corrected chi connectivity index (χ4v) is 1.59. The average molecular weight is 245 g/mol. The molecular formula is C14H15NO3.